The van der Waals surface area contributed by atoms with Gasteiger partial charge in [-0.1, -0.05) is 32.9 Å². The van der Waals surface area contributed by atoms with Crippen LogP contribution in [-0.4, -0.2) is 23.7 Å². The molecular weight excluding hydrogens is 256 g/mol. The van der Waals surface area contributed by atoms with Crippen molar-refractivity contribution in [2.45, 2.75) is 33.1 Å². The van der Waals surface area contributed by atoms with E-state index in [1.807, 2.05) is 24.3 Å². The van der Waals surface area contributed by atoms with Crippen LogP contribution in [-0.2, 0) is 4.79 Å². The minimum atomic E-state index is -0.850. The molecule has 1 rings (SSSR count). The summed E-state index contributed by atoms with van der Waals surface area (Å²) in [6.45, 7) is 6.14. The zero-order chi connectivity index (χ0) is 15.1. The Morgan fingerprint density at radius 2 is 1.95 bits per heavy atom. The van der Waals surface area contributed by atoms with Crippen LogP contribution in [0.25, 0.3) is 0 Å². The van der Waals surface area contributed by atoms with Crippen LogP contribution >= 0.6 is 0 Å². The fourth-order valence-corrected chi connectivity index (χ4v) is 1.68. The van der Waals surface area contributed by atoms with Gasteiger partial charge < -0.3 is 15.7 Å². The molecule has 5 nitrogen and oxygen atoms in total. The number of anilines is 1. The van der Waals surface area contributed by atoms with Gasteiger partial charge in [0.25, 0.3) is 0 Å². The second kappa shape index (κ2) is 7.53. The second-order valence-corrected chi connectivity index (χ2v) is 5.19. The molecule has 1 aromatic rings. The number of urea groups is 1. The molecule has 0 fully saturated rings. The molecule has 20 heavy (non-hydrogen) atoms. The molecule has 0 saturated heterocycles. The number of hydrogen-bond acceptors (Lipinski definition) is 2. The quantitative estimate of drug-likeness (QED) is 0.748. The average molecular weight is 278 g/mol. The van der Waals surface area contributed by atoms with Gasteiger partial charge in [0.05, 0.1) is 5.92 Å². The molecule has 0 spiro atoms. The summed E-state index contributed by atoms with van der Waals surface area (Å²) >= 11 is 0. The zero-order valence-corrected chi connectivity index (χ0v) is 12.1. The molecule has 1 atom stereocenters. The van der Waals surface area contributed by atoms with Crippen LogP contribution in [0.3, 0.4) is 0 Å². The van der Waals surface area contributed by atoms with E-state index >= 15 is 0 Å². The largest absolute Gasteiger partial charge is 0.481 e. The lowest BCUT2D eigenvalue weighted by Gasteiger charge is -2.11. The first-order valence-corrected chi connectivity index (χ1v) is 6.77. The summed E-state index contributed by atoms with van der Waals surface area (Å²) in [4.78, 5) is 22.3. The number of amides is 2. The van der Waals surface area contributed by atoms with E-state index in [0.29, 0.717) is 18.9 Å². The maximum absolute atomic E-state index is 11.7. The van der Waals surface area contributed by atoms with Crippen molar-refractivity contribution in [1.82, 2.24) is 5.32 Å². The number of carboxylic acid groups (broad SMARTS) is 1. The Morgan fingerprint density at radius 3 is 2.55 bits per heavy atom. The third-order valence-corrected chi connectivity index (χ3v) is 3.10. The van der Waals surface area contributed by atoms with Crippen molar-refractivity contribution in [2.24, 2.45) is 5.92 Å². The van der Waals surface area contributed by atoms with E-state index in [4.69, 9.17) is 5.11 Å². The van der Waals surface area contributed by atoms with Crippen molar-refractivity contribution in [2.75, 3.05) is 11.9 Å². The van der Waals surface area contributed by atoms with Gasteiger partial charge in [0.1, 0.15) is 0 Å². The van der Waals surface area contributed by atoms with Gasteiger partial charge in [0.2, 0.25) is 0 Å². The van der Waals surface area contributed by atoms with Crippen molar-refractivity contribution in [3.8, 4) is 0 Å². The number of aliphatic carboxylic acids is 1. The number of hydrogen-bond donors (Lipinski definition) is 3. The molecule has 0 aliphatic heterocycles. The van der Waals surface area contributed by atoms with Gasteiger partial charge in [-0.15, -0.1) is 0 Å². The van der Waals surface area contributed by atoms with Crippen LogP contribution in [0.2, 0.25) is 0 Å². The summed E-state index contributed by atoms with van der Waals surface area (Å²) in [5.41, 5.74) is 1.89. The first-order valence-electron chi connectivity index (χ1n) is 6.77. The van der Waals surface area contributed by atoms with Crippen molar-refractivity contribution in [3.63, 3.8) is 0 Å². The van der Waals surface area contributed by atoms with Gasteiger partial charge in [0.15, 0.2) is 0 Å². The summed E-state index contributed by atoms with van der Waals surface area (Å²) in [6.07, 6.45) is 0.411. The van der Waals surface area contributed by atoms with Crippen LogP contribution in [0.4, 0.5) is 10.5 Å². The zero-order valence-electron chi connectivity index (χ0n) is 12.1. The standard InChI is InChI=1S/C15H22N2O3/c1-10(2)12-5-4-6-13(9-12)17-15(20)16-8-7-11(3)14(18)19/h4-6,9-11H,7-8H2,1-3H3,(H,18,19)(H2,16,17,20). The fourth-order valence-electron chi connectivity index (χ4n) is 1.68. The Labute approximate surface area is 119 Å². The van der Waals surface area contributed by atoms with Crippen molar-refractivity contribution < 1.29 is 14.7 Å². The van der Waals surface area contributed by atoms with E-state index in [1.54, 1.807) is 6.92 Å². The topological polar surface area (TPSA) is 78.4 Å². The van der Waals surface area contributed by atoms with E-state index < -0.39 is 11.9 Å². The Hall–Kier alpha value is -2.04. The van der Waals surface area contributed by atoms with Gasteiger partial charge in [-0.3, -0.25) is 4.79 Å². The number of carboxylic acids is 1. The first-order chi connectivity index (χ1) is 9.40. The van der Waals surface area contributed by atoms with Crippen LogP contribution < -0.4 is 10.6 Å². The molecule has 0 saturated carbocycles. The second-order valence-electron chi connectivity index (χ2n) is 5.19. The van der Waals surface area contributed by atoms with E-state index in [0.717, 1.165) is 11.3 Å². The van der Waals surface area contributed by atoms with E-state index in [1.165, 1.54) is 0 Å². The number of rotatable bonds is 6. The predicted octanol–water partition coefficient (Wildman–Crippen LogP) is 3.04. The predicted molar refractivity (Wildman–Crippen MR) is 79.0 cm³/mol. The molecule has 110 valence electrons. The Kier molecular flexibility index (Phi) is 6.03. The Morgan fingerprint density at radius 1 is 1.25 bits per heavy atom. The lowest BCUT2D eigenvalue weighted by atomic mass is 10.0. The van der Waals surface area contributed by atoms with Gasteiger partial charge >= 0.3 is 12.0 Å². The minimum Gasteiger partial charge on any atom is -0.481 e. The Balaban J connectivity index is 2.42. The highest BCUT2D eigenvalue weighted by Gasteiger charge is 2.11. The summed E-state index contributed by atoms with van der Waals surface area (Å²) in [5, 5.41) is 14.1. The first kappa shape index (κ1) is 16.0. The maximum atomic E-state index is 11.7. The molecular formula is C15H22N2O3. The SMILES string of the molecule is CC(CCNC(=O)Nc1cccc(C(C)C)c1)C(=O)O. The van der Waals surface area contributed by atoms with Crippen LogP contribution in [0.5, 0.6) is 0 Å². The molecule has 3 N–H and O–H groups in total. The third-order valence-electron chi connectivity index (χ3n) is 3.10. The third kappa shape index (κ3) is 5.30. The van der Waals surface area contributed by atoms with Gasteiger partial charge in [0, 0.05) is 12.2 Å². The van der Waals surface area contributed by atoms with Gasteiger partial charge in [-0.2, -0.15) is 0 Å². The molecule has 2 amide bonds. The number of benzene rings is 1. The van der Waals surface area contributed by atoms with E-state index in [2.05, 4.69) is 24.5 Å². The monoisotopic (exact) mass is 278 g/mol. The maximum Gasteiger partial charge on any atom is 0.319 e. The van der Waals surface area contributed by atoms with E-state index in [9.17, 15) is 9.59 Å². The molecule has 0 heterocycles. The lowest BCUT2D eigenvalue weighted by Crippen LogP contribution is -2.31. The lowest BCUT2D eigenvalue weighted by molar-refractivity contribution is -0.141. The summed E-state index contributed by atoms with van der Waals surface area (Å²) < 4.78 is 0. The molecule has 1 aromatic carbocycles. The van der Waals surface area contributed by atoms with Crippen LogP contribution in [0.1, 0.15) is 38.7 Å². The summed E-state index contributed by atoms with van der Waals surface area (Å²) in [7, 11) is 0. The molecule has 0 aromatic heterocycles. The number of nitrogens with one attached hydrogen (secondary N) is 2. The number of carbonyl (C=O) groups is 2. The van der Waals surface area contributed by atoms with Gasteiger partial charge in [-0.05, 0) is 30.0 Å². The molecule has 0 aliphatic carbocycles. The molecule has 0 aliphatic rings. The Bertz CT molecular complexity index is 472. The van der Waals surface area contributed by atoms with Crippen molar-refractivity contribution >= 4 is 17.7 Å². The van der Waals surface area contributed by atoms with Crippen LogP contribution in [0, 0.1) is 5.92 Å². The number of carbonyl (C=O) groups excluding carboxylic acids is 1. The smallest absolute Gasteiger partial charge is 0.319 e. The fraction of sp³-hybridized carbons (Fsp3) is 0.467. The molecule has 0 bridgehead atoms. The molecule has 5 heteroatoms. The minimum absolute atomic E-state index is 0.316. The highest BCUT2D eigenvalue weighted by molar-refractivity contribution is 5.89. The van der Waals surface area contributed by atoms with Gasteiger partial charge in [-0.25, -0.2) is 4.79 Å². The normalized spacial score (nSPS) is 12.0. The highest BCUT2D eigenvalue weighted by Crippen LogP contribution is 2.18. The van der Waals surface area contributed by atoms with Crippen molar-refractivity contribution in [1.29, 1.82) is 0 Å². The molecule has 1 unspecified atom stereocenters. The summed E-state index contributed by atoms with van der Waals surface area (Å²) in [6, 6.07) is 7.36. The van der Waals surface area contributed by atoms with E-state index in [-0.39, 0.29) is 6.03 Å². The van der Waals surface area contributed by atoms with Crippen LogP contribution in [0.15, 0.2) is 24.3 Å². The van der Waals surface area contributed by atoms with Crippen molar-refractivity contribution in [3.05, 3.63) is 29.8 Å². The average Bonchev–Trinajstić information content (AvgIpc) is 2.38. The summed E-state index contributed by atoms with van der Waals surface area (Å²) in [5.74, 6) is -0.910. The highest BCUT2D eigenvalue weighted by atomic mass is 16.4. The molecule has 0 radical (unpaired) electrons.